The zero-order chi connectivity index (χ0) is 22.1. The molecule has 5 rings (SSSR count). The molecule has 1 aromatic rings. The van der Waals surface area contributed by atoms with Crippen LogP contribution in [0.4, 0.5) is 5.69 Å². The number of carbonyl (C=O) groups is 2. The lowest BCUT2D eigenvalue weighted by molar-refractivity contribution is -0.140. The number of rotatable bonds is 6. The van der Waals surface area contributed by atoms with Gasteiger partial charge in [0.1, 0.15) is 0 Å². The van der Waals surface area contributed by atoms with Gasteiger partial charge in [0.15, 0.2) is 5.96 Å². The number of fused-ring (bicyclic) bond motifs is 5. The fourth-order valence-electron chi connectivity index (χ4n) is 5.52. The number of allylic oxidation sites excluding steroid dienone is 2. The van der Waals surface area contributed by atoms with E-state index in [2.05, 4.69) is 56.9 Å². The Bertz CT molecular complexity index is 899. The van der Waals surface area contributed by atoms with Crippen LogP contribution in [0.2, 0.25) is 0 Å². The third kappa shape index (κ3) is 4.75. The molecule has 0 spiro atoms. The number of morpholine rings is 1. The maximum Gasteiger partial charge on any atom is 0.233 e. The van der Waals surface area contributed by atoms with Crippen LogP contribution in [0, 0.1) is 23.7 Å². The number of halogens is 1. The number of benzene rings is 1. The molecule has 0 radical (unpaired) electrons. The first-order valence-corrected chi connectivity index (χ1v) is 11.6. The van der Waals surface area contributed by atoms with Crippen molar-refractivity contribution in [1.82, 2.24) is 15.5 Å². The van der Waals surface area contributed by atoms with Gasteiger partial charge in [-0.2, -0.15) is 0 Å². The molecule has 1 saturated carbocycles. The maximum absolute atomic E-state index is 12.8. The molecule has 4 atom stereocenters. The number of imide groups is 1. The van der Waals surface area contributed by atoms with E-state index in [-0.39, 0.29) is 59.5 Å². The second-order valence-electron chi connectivity index (χ2n) is 8.95. The quantitative estimate of drug-likeness (QED) is 0.179. The van der Waals surface area contributed by atoms with E-state index in [0.717, 1.165) is 38.3 Å². The van der Waals surface area contributed by atoms with E-state index in [9.17, 15) is 9.59 Å². The minimum atomic E-state index is -0.129. The highest BCUT2D eigenvalue weighted by molar-refractivity contribution is 14.0. The van der Waals surface area contributed by atoms with Gasteiger partial charge in [-0.3, -0.25) is 19.5 Å². The molecule has 9 heteroatoms. The van der Waals surface area contributed by atoms with Crippen LogP contribution in [-0.2, 0) is 20.9 Å². The predicted octanol–water partition coefficient (Wildman–Crippen LogP) is 1.61. The number of anilines is 1. The first kappa shape index (κ1) is 24.0. The van der Waals surface area contributed by atoms with E-state index in [4.69, 9.17) is 4.74 Å². The molecule has 4 unspecified atom stereocenters. The van der Waals surface area contributed by atoms with Gasteiger partial charge in [-0.15, -0.1) is 24.0 Å². The van der Waals surface area contributed by atoms with E-state index in [0.29, 0.717) is 25.6 Å². The van der Waals surface area contributed by atoms with Gasteiger partial charge in [-0.1, -0.05) is 24.3 Å². The van der Waals surface area contributed by atoms with Gasteiger partial charge in [-0.25, -0.2) is 0 Å². The van der Waals surface area contributed by atoms with Gasteiger partial charge in [0.25, 0.3) is 0 Å². The molecule has 2 aliphatic carbocycles. The Morgan fingerprint density at radius 3 is 2.27 bits per heavy atom. The Morgan fingerprint density at radius 1 is 1.03 bits per heavy atom. The molecule has 2 saturated heterocycles. The van der Waals surface area contributed by atoms with Crippen molar-refractivity contribution in [2.75, 3.05) is 51.3 Å². The van der Waals surface area contributed by atoms with E-state index < -0.39 is 0 Å². The van der Waals surface area contributed by atoms with Crippen LogP contribution in [-0.4, -0.2) is 69.1 Å². The Labute approximate surface area is 211 Å². The number of ether oxygens (including phenoxy) is 1. The third-order valence-corrected chi connectivity index (χ3v) is 7.19. The number of amides is 2. The summed E-state index contributed by atoms with van der Waals surface area (Å²) in [5, 5.41) is 6.53. The number of hydrogen-bond donors (Lipinski definition) is 2. The molecular formula is C24H32IN5O3. The summed E-state index contributed by atoms with van der Waals surface area (Å²) in [5.74, 6) is 0.907. The van der Waals surface area contributed by atoms with Crippen LogP contribution in [0.15, 0.2) is 41.4 Å². The van der Waals surface area contributed by atoms with Crippen LogP contribution in [0.5, 0.6) is 0 Å². The van der Waals surface area contributed by atoms with Crippen LogP contribution >= 0.6 is 24.0 Å². The minimum absolute atomic E-state index is 0. The summed E-state index contributed by atoms with van der Waals surface area (Å²) in [6.07, 6.45) is 5.21. The van der Waals surface area contributed by atoms with E-state index in [1.807, 2.05) is 0 Å². The molecule has 33 heavy (non-hydrogen) atoms. The van der Waals surface area contributed by atoms with Gasteiger partial charge in [0.05, 0.1) is 25.0 Å². The number of aliphatic imine (C=N–C) groups is 1. The highest BCUT2D eigenvalue weighted by Crippen LogP contribution is 2.52. The summed E-state index contributed by atoms with van der Waals surface area (Å²) < 4.78 is 5.41. The number of hydrogen-bond acceptors (Lipinski definition) is 5. The van der Waals surface area contributed by atoms with Gasteiger partial charge in [0, 0.05) is 45.5 Å². The second kappa shape index (κ2) is 10.4. The number of carbonyl (C=O) groups excluding carboxylic acids is 2. The summed E-state index contributed by atoms with van der Waals surface area (Å²) in [6.45, 7) is 4.90. The highest BCUT2D eigenvalue weighted by atomic mass is 127. The van der Waals surface area contributed by atoms with Crippen molar-refractivity contribution in [3.05, 3.63) is 42.0 Å². The van der Waals surface area contributed by atoms with Crippen LogP contribution < -0.4 is 15.5 Å². The first-order valence-electron chi connectivity index (χ1n) is 11.6. The van der Waals surface area contributed by atoms with Crippen LogP contribution in [0.3, 0.4) is 0 Å². The minimum Gasteiger partial charge on any atom is -0.378 e. The van der Waals surface area contributed by atoms with Crippen molar-refractivity contribution in [3.8, 4) is 0 Å². The second-order valence-corrected chi connectivity index (χ2v) is 8.95. The molecule has 4 aliphatic rings. The smallest absolute Gasteiger partial charge is 0.233 e. The van der Waals surface area contributed by atoms with Gasteiger partial charge in [0.2, 0.25) is 11.8 Å². The molecule has 2 N–H and O–H groups in total. The first-order chi connectivity index (χ1) is 15.7. The average molecular weight is 565 g/mol. The van der Waals surface area contributed by atoms with Crippen molar-refractivity contribution in [3.63, 3.8) is 0 Å². The van der Waals surface area contributed by atoms with Crippen molar-refractivity contribution in [2.45, 2.75) is 13.0 Å². The molecule has 178 valence electrons. The fraction of sp³-hybridized carbons (Fsp3) is 0.542. The van der Waals surface area contributed by atoms with Crippen molar-refractivity contribution in [1.29, 1.82) is 0 Å². The van der Waals surface area contributed by atoms with Gasteiger partial charge >= 0.3 is 0 Å². The maximum atomic E-state index is 12.8. The lowest BCUT2D eigenvalue weighted by atomic mass is 9.85. The largest absolute Gasteiger partial charge is 0.378 e. The average Bonchev–Trinajstić information content (AvgIpc) is 3.52. The molecule has 2 bridgehead atoms. The Kier molecular flexibility index (Phi) is 7.58. The van der Waals surface area contributed by atoms with Gasteiger partial charge < -0.3 is 20.3 Å². The summed E-state index contributed by atoms with van der Waals surface area (Å²) in [4.78, 5) is 33.6. The predicted molar refractivity (Wildman–Crippen MR) is 138 cm³/mol. The summed E-state index contributed by atoms with van der Waals surface area (Å²) in [6, 6.07) is 8.52. The van der Waals surface area contributed by atoms with Crippen LogP contribution in [0.1, 0.15) is 12.0 Å². The van der Waals surface area contributed by atoms with E-state index in [1.54, 1.807) is 7.05 Å². The van der Waals surface area contributed by atoms with Crippen LogP contribution in [0.25, 0.3) is 0 Å². The van der Waals surface area contributed by atoms with E-state index >= 15 is 0 Å². The molecule has 0 aromatic heterocycles. The lowest BCUT2D eigenvalue weighted by Gasteiger charge is -2.29. The molecule has 1 aromatic carbocycles. The number of guanidine groups is 1. The van der Waals surface area contributed by atoms with E-state index in [1.165, 1.54) is 10.6 Å². The standard InChI is InChI=1S/C24H31N5O3.HI/c1-25-24(27-15-16-2-6-19(7-3-16)28-10-12-32-13-11-28)26-8-9-29-22(30)20-17-4-5-18(14-17)21(20)23(29)31;/h2-7,17-18,20-21H,8-15H2,1H3,(H2,25,26,27);1H. The van der Waals surface area contributed by atoms with Crippen molar-refractivity contribution in [2.24, 2.45) is 28.7 Å². The molecule has 3 fully saturated rings. The topological polar surface area (TPSA) is 86.3 Å². The zero-order valence-corrected chi connectivity index (χ0v) is 21.2. The summed E-state index contributed by atoms with van der Waals surface area (Å²) >= 11 is 0. The third-order valence-electron chi connectivity index (χ3n) is 7.19. The number of likely N-dealkylation sites (tertiary alicyclic amines) is 1. The fourth-order valence-corrected chi connectivity index (χ4v) is 5.52. The monoisotopic (exact) mass is 565 g/mol. The Hall–Kier alpha value is -2.14. The Balaban J connectivity index is 0.00000259. The molecule has 8 nitrogen and oxygen atoms in total. The number of nitrogens with zero attached hydrogens (tertiary/aromatic N) is 3. The van der Waals surface area contributed by atoms with Gasteiger partial charge in [-0.05, 0) is 36.0 Å². The molecular weight excluding hydrogens is 533 g/mol. The van der Waals surface area contributed by atoms with Crippen molar-refractivity contribution >= 4 is 47.4 Å². The SMILES string of the molecule is CN=C(NCCN1C(=O)C2C3C=CC(C3)C2C1=O)NCc1ccc(N2CCOCC2)cc1.I. The summed E-state index contributed by atoms with van der Waals surface area (Å²) in [7, 11) is 1.72. The molecule has 2 heterocycles. The zero-order valence-electron chi connectivity index (χ0n) is 18.9. The summed E-state index contributed by atoms with van der Waals surface area (Å²) in [5.41, 5.74) is 2.37. The highest BCUT2D eigenvalue weighted by Gasteiger charge is 2.58. The molecule has 2 amide bonds. The Morgan fingerprint density at radius 2 is 1.67 bits per heavy atom. The molecule has 2 aliphatic heterocycles. The van der Waals surface area contributed by atoms with Crippen molar-refractivity contribution < 1.29 is 14.3 Å². The number of nitrogens with one attached hydrogen (secondary N) is 2. The normalized spacial score (nSPS) is 28.2. The lowest BCUT2D eigenvalue weighted by Crippen LogP contribution is -2.43.